The summed E-state index contributed by atoms with van der Waals surface area (Å²) < 4.78 is 0. The van der Waals surface area contributed by atoms with Gasteiger partial charge >= 0.3 is 0 Å². The molecule has 1 aliphatic carbocycles. The van der Waals surface area contributed by atoms with Crippen molar-refractivity contribution in [2.45, 2.75) is 71.0 Å². The summed E-state index contributed by atoms with van der Waals surface area (Å²) in [4.78, 5) is 0. The zero-order valence-electron chi connectivity index (χ0n) is 11.7. The summed E-state index contributed by atoms with van der Waals surface area (Å²) in [6.45, 7) is 6.31. The minimum Gasteiger partial charge on any atom is -0.387 e. The number of rotatable bonds is 2. The van der Waals surface area contributed by atoms with Crippen molar-refractivity contribution in [2.24, 2.45) is 5.92 Å². The van der Waals surface area contributed by atoms with E-state index < -0.39 is 11.2 Å². The fourth-order valence-electron chi connectivity index (χ4n) is 1.48. The van der Waals surface area contributed by atoms with E-state index in [2.05, 4.69) is 6.08 Å². The summed E-state index contributed by atoms with van der Waals surface area (Å²) in [5, 5.41) is 18.2. The van der Waals surface area contributed by atoms with Crippen LogP contribution in [0.15, 0.2) is 12.1 Å². The van der Waals surface area contributed by atoms with Gasteiger partial charge in [0.25, 0.3) is 0 Å². The summed E-state index contributed by atoms with van der Waals surface area (Å²) in [5.41, 5.74) is -2.01. The van der Waals surface area contributed by atoms with Gasteiger partial charge in [0.05, 0.1) is 11.2 Å². The molecule has 0 amide bonds. The van der Waals surface area contributed by atoms with E-state index in [1.54, 1.807) is 33.7 Å². The fourth-order valence-corrected chi connectivity index (χ4v) is 1.48. The lowest BCUT2D eigenvalue weighted by molar-refractivity contribution is -0.107. The molecule has 0 aromatic rings. The number of hydrogen-bond acceptors (Lipinski definition) is 2. The summed E-state index contributed by atoms with van der Waals surface area (Å²) >= 11 is 0. The van der Waals surface area contributed by atoms with Crippen LogP contribution in [0.3, 0.4) is 0 Å². The smallest absolute Gasteiger partial charge is 0.102 e. The van der Waals surface area contributed by atoms with E-state index >= 15 is 0 Å². The first-order valence-corrected chi connectivity index (χ1v) is 6.51. The maximum Gasteiger partial charge on any atom is 0.102 e. The lowest BCUT2D eigenvalue weighted by atomic mass is 9.88. The Morgan fingerprint density at radius 3 is 1.65 bits per heavy atom. The third kappa shape index (κ3) is 7.61. The third-order valence-electron chi connectivity index (χ3n) is 3.53. The fraction of sp³-hybridized carbons (Fsp3) is 0.857. The van der Waals surface area contributed by atoms with Gasteiger partial charge in [0.1, 0.15) is 7.85 Å². The Kier molecular flexibility index (Phi) is 7.11. The lowest BCUT2D eigenvalue weighted by Crippen LogP contribution is -2.44. The summed E-state index contributed by atoms with van der Waals surface area (Å²) in [6.07, 6.45) is 9.07. The predicted molar refractivity (Wildman–Crippen MR) is 74.1 cm³/mol. The lowest BCUT2D eigenvalue weighted by Gasteiger charge is -2.31. The van der Waals surface area contributed by atoms with Crippen LogP contribution in [0.4, 0.5) is 0 Å². The number of hydrogen-bond donors (Lipinski definition) is 2. The van der Waals surface area contributed by atoms with Crippen molar-refractivity contribution >= 4 is 7.85 Å². The molecule has 2 radical (unpaired) electrons. The van der Waals surface area contributed by atoms with Crippen LogP contribution < -0.4 is 0 Å². The normalized spacial score (nSPS) is 18.9. The molecule has 17 heavy (non-hydrogen) atoms. The molecule has 1 saturated carbocycles. The highest BCUT2D eigenvalue weighted by Gasteiger charge is 2.31. The number of aliphatic hydroxyl groups is 2. The average Bonchev–Trinajstić information content (AvgIpc) is 2.17. The molecule has 0 unspecified atom stereocenters. The zero-order chi connectivity index (χ0) is 13.5. The molecule has 0 aliphatic heterocycles. The Morgan fingerprint density at radius 2 is 1.35 bits per heavy atom. The van der Waals surface area contributed by atoms with Crippen LogP contribution in [0.1, 0.15) is 59.8 Å². The van der Waals surface area contributed by atoms with Crippen molar-refractivity contribution in [2.75, 3.05) is 0 Å². The van der Waals surface area contributed by atoms with E-state index in [0.717, 1.165) is 5.92 Å². The summed E-state index contributed by atoms with van der Waals surface area (Å²) in [6, 6.07) is 0. The standard InChI is InChI=1S/C8H13B.C6H14O2/c9-7-6-8-4-2-1-3-5-8;1-5(2,7)6(3,4)8/h6-8H,1-5H2;7-8H,1-4H3/b7-6+;. The molecule has 0 aromatic heterocycles. The van der Waals surface area contributed by atoms with Crippen LogP contribution in [0.25, 0.3) is 0 Å². The van der Waals surface area contributed by atoms with Crippen LogP contribution in [-0.4, -0.2) is 29.3 Å². The maximum atomic E-state index is 9.10. The van der Waals surface area contributed by atoms with Crippen molar-refractivity contribution in [3.8, 4) is 0 Å². The molecule has 98 valence electrons. The Labute approximate surface area is 108 Å². The largest absolute Gasteiger partial charge is 0.387 e. The minimum atomic E-state index is -1.01. The maximum absolute atomic E-state index is 9.10. The molecule has 1 aliphatic rings. The molecule has 1 fully saturated rings. The van der Waals surface area contributed by atoms with Crippen molar-refractivity contribution < 1.29 is 10.2 Å². The van der Waals surface area contributed by atoms with E-state index in [9.17, 15) is 0 Å². The van der Waals surface area contributed by atoms with Gasteiger partial charge in [-0.15, -0.1) is 5.98 Å². The van der Waals surface area contributed by atoms with E-state index in [0.29, 0.717) is 0 Å². The minimum absolute atomic E-state index is 0.795. The Hall–Kier alpha value is -0.275. The highest BCUT2D eigenvalue weighted by Crippen LogP contribution is 2.24. The zero-order valence-corrected chi connectivity index (χ0v) is 11.7. The highest BCUT2D eigenvalue weighted by molar-refractivity contribution is 6.16. The van der Waals surface area contributed by atoms with Gasteiger partial charge in [0.2, 0.25) is 0 Å². The third-order valence-corrected chi connectivity index (χ3v) is 3.53. The second kappa shape index (κ2) is 7.22. The average molecular weight is 238 g/mol. The van der Waals surface area contributed by atoms with Gasteiger partial charge in [0.15, 0.2) is 0 Å². The van der Waals surface area contributed by atoms with Gasteiger partial charge in [-0.1, -0.05) is 25.3 Å². The molecule has 2 nitrogen and oxygen atoms in total. The van der Waals surface area contributed by atoms with Crippen molar-refractivity contribution in [1.29, 1.82) is 0 Å². The highest BCUT2D eigenvalue weighted by atomic mass is 16.3. The van der Waals surface area contributed by atoms with Crippen LogP contribution in [0.5, 0.6) is 0 Å². The second-order valence-corrected chi connectivity index (χ2v) is 5.90. The van der Waals surface area contributed by atoms with E-state index in [-0.39, 0.29) is 0 Å². The molecular formula is C14H27BO2. The Morgan fingerprint density at radius 1 is 0.941 bits per heavy atom. The van der Waals surface area contributed by atoms with Crippen molar-refractivity contribution in [3.05, 3.63) is 12.1 Å². The van der Waals surface area contributed by atoms with Gasteiger partial charge in [0, 0.05) is 0 Å². The van der Waals surface area contributed by atoms with Gasteiger partial charge in [-0.05, 0) is 46.5 Å². The molecule has 3 heteroatoms. The molecule has 0 aromatic carbocycles. The van der Waals surface area contributed by atoms with Crippen LogP contribution in [-0.2, 0) is 0 Å². The van der Waals surface area contributed by atoms with Gasteiger partial charge in [-0.2, -0.15) is 0 Å². The first-order valence-electron chi connectivity index (χ1n) is 6.51. The molecule has 0 atom stereocenters. The van der Waals surface area contributed by atoms with Gasteiger partial charge < -0.3 is 10.2 Å². The molecular weight excluding hydrogens is 211 g/mol. The molecule has 0 bridgehead atoms. The Balaban J connectivity index is 0.000000304. The SMILES string of the molecule is CC(C)(O)C(C)(C)O.[B]/C=C/C1CCCCC1. The first kappa shape index (κ1) is 16.7. The summed E-state index contributed by atoms with van der Waals surface area (Å²) in [5.74, 6) is 2.49. The quantitative estimate of drug-likeness (QED) is 0.726. The first-order chi connectivity index (χ1) is 7.68. The predicted octanol–water partition coefficient (Wildman–Crippen LogP) is 2.78. The van der Waals surface area contributed by atoms with Crippen LogP contribution in [0.2, 0.25) is 0 Å². The van der Waals surface area contributed by atoms with Crippen LogP contribution in [0, 0.1) is 5.92 Å². The molecule has 0 spiro atoms. The van der Waals surface area contributed by atoms with Gasteiger partial charge in [-0.25, -0.2) is 0 Å². The number of allylic oxidation sites excluding steroid dienone is 1. The molecule has 2 N–H and O–H groups in total. The van der Waals surface area contributed by atoms with Gasteiger partial charge in [-0.3, -0.25) is 0 Å². The monoisotopic (exact) mass is 238 g/mol. The molecule has 0 saturated heterocycles. The summed E-state index contributed by atoms with van der Waals surface area (Å²) in [7, 11) is 5.28. The second-order valence-electron chi connectivity index (χ2n) is 5.90. The van der Waals surface area contributed by atoms with Crippen molar-refractivity contribution in [3.63, 3.8) is 0 Å². The Bertz CT molecular complexity index is 205. The van der Waals surface area contributed by atoms with E-state index in [1.807, 2.05) is 0 Å². The van der Waals surface area contributed by atoms with E-state index in [4.69, 9.17) is 18.1 Å². The molecule has 0 heterocycles. The van der Waals surface area contributed by atoms with Crippen LogP contribution >= 0.6 is 0 Å². The van der Waals surface area contributed by atoms with Crippen molar-refractivity contribution in [1.82, 2.24) is 0 Å². The molecule has 1 rings (SSSR count). The van der Waals surface area contributed by atoms with E-state index in [1.165, 1.54) is 32.1 Å². The topological polar surface area (TPSA) is 40.5 Å².